The zero-order valence-corrected chi connectivity index (χ0v) is 15.0. The average Bonchev–Trinajstić information content (AvgIpc) is 2.52. The van der Waals surface area contributed by atoms with Gasteiger partial charge in [-0.05, 0) is 68.8 Å². The van der Waals surface area contributed by atoms with Crippen LogP contribution in [0.2, 0.25) is 0 Å². The molecule has 4 bridgehead atoms. The number of rotatable bonds is 5. The van der Waals surface area contributed by atoms with Gasteiger partial charge in [-0.1, -0.05) is 29.8 Å². The molecule has 2 amide bonds. The van der Waals surface area contributed by atoms with E-state index in [1.54, 1.807) is 0 Å². The first-order valence-corrected chi connectivity index (χ1v) is 9.59. The molecular formula is C21H28N2O2. The Labute approximate surface area is 149 Å². The minimum absolute atomic E-state index is 0.0723. The Morgan fingerprint density at radius 3 is 2.28 bits per heavy atom. The molecule has 4 fully saturated rings. The van der Waals surface area contributed by atoms with Crippen LogP contribution < -0.4 is 11.1 Å². The highest BCUT2D eigenvalue weighted by molar-refractivity contribution is 5.89. The van der Waals surface area contributed by atoms with E-state index >= 15 is 0 Å². The summed E-state index contributed by atoms with van der Waals surface area (Å²) in [5.41, 5.74) is 7.55. The number of hydrogen-bond acceptors (Lipinski definition) is 2. The molecule has 4 nitrogen and oxygen atoms in total. The smallest absolute Gasteiger partial charge is 0.240 e. The number of nitrogens with two attached hydrogens (primary N) is 1. The lowest BCUT2D eigenvalue weighted by Crippen LogP contribution is -2.57. The molecule has 0 heterocycles. The van der Waals surface area contributed by atoms with Gasteiger partial charge in [0.15, 0.2) is 0 Å². The van der Waals surface area contributed by atoms with Crippen molar-refractivity contribution >= 4 is 11.8 Å². The molecule has 3 N–H and O–H groups in total. The number of carbonyl (C=O) groups is 2. The molecule has 134 valence electrons. The standard InChI is InChI=1S/C21H28N2O2/c1-13-3-2-4-14(5-13)9-18(19(22)24)23-20(25)21-10-15-6-16(11-21)8-17(7-15)12-21/h2-5,15-18H,6-12H2,1H3,(H2,22,24)(H,23,25)/t15?,16?,17?,18-,21?/m1/s1. The summed E-state index contributed by atoms with van der Waals surface area (Å²) in [6, 6.07) is 7.41. The van der Waals surface area contributed by atoms with E-state index in [1.165, 1.54) is 19.3 Å². The third-order valence-corrected chi connectivity index (χ3v) is 6.69. The summed E-state index contributed by atoms with van der Waals surface area (Å²) >= 11 is 0. The summed E-state index contributed by atoms with van der Waals surface area (Å²) in [6.07, 6.45) is 7.37. The fourth-order valence-corrected chi connectivity index (χ4v) is 6.00. The minimum Gasteiger partial charge on any atom is -0.368 e. The Hall–Kier alpha value is -1.84. The molecule has 4 aliphatic rings. The van der Waals surface area contributed by atoms with Crippen LogP contribution >= 0.6 is 0 Å². The molecule has 4 saturated carbocycles. The molecule has 25 heavy (non-hydrogen) atoms. The van der Waals surface area contributed by atoms with Crippen LogP contribution in [-0.4, -0.2) is 17.9 Å². The van der Waals surface area contributed by atoms with Gasteiger partial charge in [-0.2, -0.15) is 0 Å². The van der Waals surface area contributed by atoms with E-state index in [2.05, 4.69) is 5.32 Å². The summed E-state index contributed by atoms with van der Waals surface area (Å²) in [7, 11) is 0. The molecule has 0 radical (unpaired) electrons. The van der Waals surface area contributed by atoms with Crippen molar-refractivity contribution in [1.82, 2.24) is 5.32 Å². The van der Waals surface area contributed by atoms with Crippen molar-refractivity contribution in [3.8, 4) is 0 Å². The van der Waals surface area contributed by atoms with Crippen LogP contribution in [0.1, 0.15) is 49.7 Å². The quantitative estimate of drug-likeness (QED) is 0.865. The number of aryl methyl sites for hydroxylation is 1. The minimum atomic E-state index is -0.623. The molecule has 4 aliphatic carbocycles. The zero-order valence-electron chi connectivity index (χ0n) is 15.0. The van der Waals surface area contributed by atoms with Crippen molar-refractivity contribution in [2.45, 2.75) is 57.9 Å². The lowest BCUT2D eigenvalue weighted by atomic mass is 9.49. The van der Waals surface area contributed by atoms with Crippen LogP contribution in [-0.2, 0) is 16.0 Å². The highest BCUT2D eigenvalue weighted by atomic mass is 16.2. The molecule has 0 aliphatic heterocycles. The zero-order chi connectivity index (χ0) is 17.6. The van der Waals surface area contributed by atoms with Crippen molar-refractivity contribution in [3.05, 3.63) is 35.4 Å². The fourth-order valence-electron chi connectivity index (χ4n) is 6.00. The van der Waals surface area contributed by atoms with Crippen molar-refractivity contribution in [2.75, 3.05) is 0 Å². The summed E-state index contributed by atoms with van der Waals surface area (Å²) in [5.74, 6) is 1.75. The average molecular weight is 340 g/mol. The van der Waals surface area contributed by atoms with Crippen LogP contribution in [0.25, 0.3) is 0 Å². The van der Waals surface area contributed by atoms with Crippen LogP contribution in [0, 0.1) is 30.1 Å². The van der Waals surface area contributed by atoms with Gasteiger partial charge in [-0.3, -0.25) is 9.59 Å². The molecular weight excluding hydrogens is 312 g/mol. The van der Waals surface area contributed by atoms with Gasteiger partial charge in [0, 0.05) is 11.8 Å². The molecule has 0 unspecified atom stereocenters. The second-order valence-electron chi connectivity index (χ2n) is 8.82. The highest BCUT2D eigenvalue weighted by Gasteiger charge is 2.54. The number of carbonyl (C=O) groups excluding carboxylic acids is 2. The van der Waals surface area contributed by atoms with Crippen molar-refractivity contribution in [2.24, 2.45) is 28.9 Å². The summed E-state index contributed by atoms with van der Waals surface area (Å²) in [4.78, 5) is 25.1. The lowest BCUT2D eigenvalue weighted by molar-refractivity contribution is -0.148. The van der Waals surface area contributed by atoms with Gasteiger partial charge in [0.05, 0.1) is 0 Å². The first kappa shape index (κ1) is 16.6. The van der Waals surface area contributed by atoms with Crippen LogP contribution in [0.15, 0.2) is 24.3 Å². The highest BCUT2D eigenvalue weighted by Crippen LogP contribution is 2.60. The lowest BCUT2D eigenvalue weighted by Gasteiger charge is -2.55. The Morgan fingerprint density at radius 1 is 1.16 bits per heavy atom. The number of amides is 2. The first-order chi connectivity index (χ1) is 11.9. The fraction of sp³-hybridized carbons (Fsp3) is 0.619. The van der Waals surface area contributed by atoms with E-state index in [9.17, 15) is 9.59 Å². The van der Waals surface area contributed by atoms with Gasteiger partial charge in [0.25, 0.3) is 0 Å². The van der Waals surface area contributed by atoms with E-state index in [0.29, 0.717) is 24.2 Å². The Balaban J connectivity index is 1.49. The van der Waals surface area contributed by atoms with E-state index in [1.807, 2.05) is 31.2 Å². The van der Waals surface area contributed by atoms with Gasteiger partial charge in [-0.25, -0.2) is 0 Å². The third kappa shape index (κ3) is 3.19. The van der Waals surface area contributed by atoms with Gasteiger partial charge in [-0.15, -0.1) is 0 Å². The molecule has 1 atom stereocenters. The van der Waals surface area contributed by atoms with E-state index in [-0.39, 0.29) is 11.3 Å². The second kappa shape index (κ2) is 6.15. The third-order valence-electron chi connectivity index (χ3n) is 6.69. The summed E-state index contributed by atoms with van der Waals surface area (Å²) < 4.78 is 0. The van der Waals surface area contributed by atoms with E-state index < -0.39 is 11.9 Å². The summed E-state index contributed by atoms with van der Waals surface area (Å²) in [5, 5.41) is 3.03. The molecule has 0 spiro atoms. The molecule has 1 aromatic carbocycles. The van der Waals surface area contributed by atoms with Crippen molar-refractivity contribution in [3.63, 3.8) is 0 Å². The van der Waals surface area contributed by atoms with Crippen molar-refractivity contribution in [1.29, 1.82) is 0 Å². The normalized spacial score (nSPS) is 33.9. The number of nitrogens with one attached hydrogen (secondary N) is 1. The van der Waals surface area contributed by atoms with Gasteiger partial charge in [0.1, 0.15) is 6.04 Å². The number of hydrogen-bond donors (Lipinski definition) is 2. The van der Waals surface area contributed by atoms with Gasteiger partial charge >= 0.3 is 0 Å². The maximum absolute atomic E-state index is 13.1. The van der Waals surface area contributed by atoms with Gasteiger partial charge in [0.2, 0.25) is 11.8 Å². The van der Waals surface area contributed by atoms with Crippen LogP contribution in [0.4, 0.5) is 0 Å². The van der Waals surface area contributed by atoms with Crippen molar-refractivity contribution < 1.29 is 9.59 Å². The van der Waals surface area contributed by atoms with E-state index in [0.717, 1.165) is 30.4 Å². The molecule has 0 saturated heterocycles. The van der Waals surface area contributed by atoms with Crippen LogP contribution in [0.3, 0.4) is 0 Å². The Morgan fingerprint density at radius 2 is 1.76 bits per heavy atom. The Bertz CT molecular complexity index is 662. The number of benzene rings is 1. The topological polar surface area (TPSA) is 72.2 Å². The SMILES string of the molecule is Cc1cccc(C[C@@H](NC(=O)C23CC4CC(CC(C4)C2)C3)C(N)=O)c1. The maximum atomic E-state index is 13.1. The first-order valence-electron chi connectivity index (χ1n) is 9.59. The van der Waals surface area contributed by atoms with Crippen LogP contribution in [0.5, 0.6) is 0 Å². The molecule has 0 aromatic heterocycles. The molecule has 4 heteroatoms. The second-order valence-corrected chi connectivity index (χ2v) is 8.82. The van der Waals surface area contributed by atoms with E-state index in [4.69, 9.17) is 5.73 Å². The largest absolute Gasteiger partial charge is 0.368 e. The maximum Gasteiger partial charge on any atom is 0.240 e. The van der Waals surface area contributed by atoms with Gasteiger partial charge < -0.3 is 11.1 Å². The molecule has 1 aromatic rings. The molecule has 5 rings (SSSR count). The predicted octanol–water partition coefficient (Wildman–Crippen LogP) is 2.72. The number of primary amides is 1. The predicted molar refractivity (Wildman–Crippen MR) is 96.6 cm³/mol. The Kier molecular flexibility index (Phi) is 4.09. The monoisotopic (exact) mass is 340 g/mol. The summed E-state index contributed by atoms with van der Waals surface area (Å²) in [6.45, 7) is 2.02.